The first-order chi connectivity index (χ1) is 13.8. The van der Waals surface area contributed by atoms with E-state index in [0.29, 0.717) is 48.5 Å². The Morgan fingerprint density at radius 1 is 1.41 bits per heavy atom. The standard InChI is InChI=1S/C18H23ClN6O3S/c1-4-10-14(19)24-15(22-10)16(26)23-11-6-7-25(8-12(11)20-5-2)18-21-9(3)13(29-18)17(27)28/h11H,4-8H2,1-3H3,(H,22,24)(H,23,26)(H,27,28)/t11-/m1/s1. The number of aliphatic imine (C=N–C) groups is 1. The number of aromatic carboxylic acids is 1. The Morgan fingerprint density at radius 3 is 2.76 bits per heavy atom. The normalized spacial score (nSPS) is 18.3. The number of carboxylic acids is 1. The smallest absolute Gasteiger partial charge is 0.347 e. The number of piperidine rings is 1. The van der Waals surface area contributed by atoms with Crippen LogP contribution in [0.1, 0.15) is 51.9 Å². The number of hydrogen-bond acceptors (Lipinski definition) is 7. The van der Waals surface area contributed by atoms with Crippen molar-refractivity contribution in [1.29, 1.82) is 0 Å². The quantitative estimate of drug-likeness (QED) is 0.636. The number of nitrogens with one attached hydrogen (secondary N) is 2. The number of amides is 1. The molecule has 2 aromatic heterocycles. The number of halogens is 1. The van der Waals surface area contributed by atoms with Crippen molar-refractivity contribution in [3.8, 4) is 0 Å². The Morgan fingerprint density at radius 2 is 2.17 bits per heavy atom. The summed E-state index contributed by atoms with van der Waals surface area (Å²) in [5, 5.41) is 13.2. The highest BCUT2D eigenvalue weighted by atomic mass is 35.5. The van der Waals surface area contributed by atoms with E-state index in [1.54, 1.807) is 6.92 Å². The molecule has 9 nitrogen and oxygen atoms in total. The first kappa shape index (κ1) is 21.3. The van der Waals surface area contributed by atoms with Crippen LogP contribution in [0.15, 0.2) is 4.99 Å². The van der Waals surface area contributed by atoms with Gasteiger partial charge in [0.2, 0.25) is 0 Å². The Balaban J connectivity index is 1.73. The van der Waals surface area contributed by atoms with Gasteiger partial charge in [-0.25, -0.2) is 14.8 Å². The third-order valence-corrected chi connectivity index (χ3v) is 6.18. The molecule has 11 heteroatoms. The van der Waals surface area contributed by atoms with Crippen molar-refractivity contribution in [2.75, 3.05) is 24.5 Å². The Hall–Kier alpha value is -2.46. The van der Waals surface area contributed by atoms with Gasteiger partial charge in [-0.05, 0) is 26.7 Å². The zero-order valence-corrected chi connectivity index (χ0v) is 18.0. The molecule has 1 aliphatic rings. The number of rotatable bonds is 6. The Labute approximate surface area is 177 Å². The summed E-state index contributed by atoms with van der Waals surface area (Å²) in [5.41, 5.74) is 2.05. The van der Waals surface area contributed by atoms with Gasteiger partial charge in [0, 0.05) is 13.1 Å². The van der Waals surface area contributed by atoms with Crippen LogP contribution in [0.25, 0.3) is 0 Å². The number of hydrogen-bond donors (Lipinski definition) is 3. The van der Waals surface area contributed by atoms with Gasteiger partial charge in [-0.3, -0.25) is 9.79 Å². The second-order valence-corrected chi connectivity index (χ2v) is 7.96. The molecule has 1 amide bonds. The van der Waals surface area contributed by atoms with Gasteiger partial charge >= 0.3 is 5.97 Å². The zero-order valence-electron chi connectivity index (χ0n) is 16.5. The van der Waals surface area contributed by atoms with E-state index in [2.05, 4.69) is 25.3 Å². The lowest BCUT2D eigenvalue weighted by Crippen LogP contribution is -2.52. The van der Waals surface area contributed by atoms with Crippen LogP contribution in [0, 0.1) is 6.92 Å². The first-order valence-electron chi connectivity index (χ1n) is 9.38. The van der Waals surface area contributed by atoms with Crippen molar-refractivity contribution in [1.82, 2.24) is 20.3 Å². The largest absolute Gasteiger partial charge is 0.477 e. The summed E-state index contributed by atoms with van der Waals surface area (Å²) in [6, 6.07) is -0.229. The lowest BCUT2D eigenvalue weighted by molar-refractivity contribution is 0.0701. The van der Waals surface area contributed by atoms with E-state index in [1.807, 2.05) is 18.7 Å². The zero-order chi connectivity index (χ0) is 21.1. The van der Waals surface area contributed by atoms with E-state index in [9.17, 15) is 14.7 Å². The van der Waals surface area contributed by atoms with Crippen LogP contribution in [0.2, 0.25) is 5.15 Å². The fraction of sp³-hybridized carbons (Fsp3) is 0.500. The van der Waals surface area contributed by atoms with E-state index in [1.165, 1.54) is 0 Å². The summed E-state index contributed by atoms with van der Waals surface area (Å²) in [7, 11) is 0. The van der Waals surface area contributed by atoms with Crippen LogP contribution in [0.4, 0.5) is 5.13 Å². The van der Waals surface area contributed by atoms with Crippen molar-refractivity contribution < 1.29 is 14.7 Å². The van der Waals surface area contributed by atoms with Crippen molar-refractivity contribution >= 4 is 45.7 Å². The van der Waals surface area contributed by atoms with Crippen molar-refractivity contribution in [3.05, 3.63) is 27.2 Å². The van der Waals surface area contributed by atoms with Gasteiger partial charge in [-0.1, -0.05) is 29.9 Å². The molecule has 29 heavy (non-hydrogen) atoms. The number of carbonyl (C=O) groups excluding carboxylic acids is 1. The molecule has 0 bridgehead atoms. The monoisotopic (exact) mass is 438 g/mol. The lowest BCUT2D eigenvalue weighted by atomic mass is 10.0. The van der Waals surface area contributed by atoms with Crippen molar-refractivity contribution in [2.24, 2.45) is 4.99 Å². The molecule has 0 aliphatic carbocycles. The number of anilines is 1. The molecule has 0 unspecified atom stereocenters. The summed E-state index contributed by atoms with van der Waals surface area (Å²) < 4.78 is 0. The van der Waals surface area contributed by atoms with E-state index in [-0.39, 0.29) is 22.7 Å². The highest BCUT2D eigenvalue weighted by molar-refractivity contribution is 7.17. The summed E-state index contributed by atoms with van der Waals surface area (Å²) in [5.74, 6) is -1.11. The second-order valence-electron chi connectivity index (χ2n) is 6.63. The first-order valence-corrected chi connectivity index (χ1v) is 10.6. The third kappa shape index (κ3) is 4.59. The number of aromatic amines is 1. The lowest BCUT2D eigenvalue weighted by Gasteiger charge is -2.33. The average molecular weight is 439 g/mol. The van der Waals surface area contributed by atoms with E-state index < -0.39 is 5.97 Å². The molecule has 3 rings (SSSR count). The topological polar surface area (TPSA) is 124 Å². The number of aromatic nitrogens is 3. The molecule has 2 aromatic rings. The maximum absolute atomic E-state index is 12.6. The van der Waals surface area contributed by atoms with Gasteiger partial charge in [0.15, 0.2) is 16.1 Å². The molecule has 1 saturated heterocycles. The molecule has 3 heterocycles. The fourth-order valence-electron chi connectivity index (χ4n) is 3.19. The predicted molar refractivity (Wildman–Crippen MR) is 113 cm³/mol. The summed E-state index contributed by atoms with van der Waals surface area (Å²) in [6.45, 7) is 7.23. The van der Waals surface area contributed by atoms with Crippen LogP contribution in [0.5, 0.6) is 0 Å². The van der Waals surface area contributed by atoms with Crippen molar-refractivity contribution in [2.45, 2.75) is 39.7 Å². The van der Waals surface area contributed by atoms with Crippen molar-refractivity contribution in [3.63, 3.8) is 0 Å². The molecular weight excluding hydrogens is 416 g/mol. The maximum Gasteiger partial charge on any atom is 0.347 e. The van der Waals surface area contributed by atoms with E-state index >= 15 is 0 Å². The molecule has 0 saturated carbocycles. The number of H-pyrrole nitrogens is 1. The molecule has 0 spiro atoms. The van der Waals surface area contributed by atoms with Crippen LogP contribution < -0.4 is 10.2 Å². The minimum Gasteiger partial charge on any atom is -0.477 e. The summed E-state index contributed by atoms with van der Waals surface area (Å²) in [4.78, 5) is 42.2. The number of carbonyl (C=O) groups is 2. The molecule has 0 radical (unpaired) electrons. The van der Waals surface area contributed by atoms with Gasteiger partial charge < -0.3 is 20.3 Å². The predicted octanol–water partition coefficient (Wildman–Crippen LogP) is 2.56. The number of thiazole rings is 1. The molecule has 1 atom stereocenters. The van der Waals surface area contributed by atoms with Gasteiger partial charge in [0.25, 0.3) is 5.91 Å². The van der Waals surface area contributed by atoms with Gasteiger partial charge in [-0.15, -0.1) is 0 Å². The molecule has 0 aromatic carbocycles. The molecule has 3 N–H and O–H groups in total. The SMILES string of the molecule is CCN=C1CN(c2nc(C)c(C(=O)O)s2)CC[C@H]1NC(=O)c1nc(Cl)c(CC)[nH]1. The highest BCUT2D eigenvalue weighted by Gasteiger charge is 2.30. The van der Waals surface area contributed by atoms with Crippen LogP contribution in [-0.4, -0.2) is 63.3 Å². The van der Waals surface area contributed by atoms with E-state index in [4.69, 9.17) is 11.6 Å². The average Bonchev–Trinajstić information content (AvgIpc) is 3.26. The van der Waals surface area contributed by atoms with Gasteiger partial charge in [-0.2, -0.15) is 0 Å². The molecule has 1 aliphatic heterocycles. The van der Waals surface area contributed by atoms with Crippen LogP contribution in [0.3, 0.4) is 0 Å². The Bertz CT molecular complexity index is 954. The minimum atomic E-state index is -0.973. The van der Waals surface area contributed by atoms with Gasteiger partial charge in [0.1, 0.15) is 4.88 Å². The molecular formula is C18H23ClN6O3S. The Kier molecular flexibility index (Phi) is 6.53. The highest BCUT2D eigenvalue weighted by Crippen LogP contribution is 2.28. The maximum atomic E-state index is 12.6. The van der Waals surface area contributed by atoms with E-state index in [0.717, 1.165) is 22.7 Å². The summed E-state index contributed by atoms with van der Waals surface area (Å²) in [6.07, 6.45) is 1.28. The molecule has 1 fully saturated rings. The van der Waals surface area contributed by atoms with Crippen LogP contribution in [-0.2, 0) is 6.42 Å². The number of imidazole rings is 1. The fourth-order valence-corrected chi connectivity index (χ4v) is 4.39. The number of carboxylic acid groups (broad SMARTS) is 1. The number of aryl methyl sites for hydroxylation is 2. The van der Waals surface area contributed by atoms with Crippen LogP contribution >= 0.6 is 22.9 Å². The molecule has 156 valence electrons. The number of nitrogens with zero attached hydrogens (tertiary/aromatic N) is 4. The van der Waals surface area contributed by atoms with Gasteiger partial charge in [0.05, 0.1) is 29.7 Å². The minimum absolute atomic E-state index is 0.187. The summed E-state index contributed by atoms with van der Waals surface area (Å²) >= 11 is 7.19. The second kappa shape index (κ2) is 8.91. The third-order valence-electron chi connectivity index (χ3n) is 4.66.